The summed E-state index contributed by atoms with van der Waals surface area (Å²) in [7, 11) is 0. The average molecular weight is 451 g/mol. The van der Waals surface area contributed by atoms with Gasteiger partial charge in [-0.1, -0.05) is 66.2 Å². The Hall–Kier alpha value is -4.78. The number of esters is 1. The molecule has 0 heterocycles. The smallest absolute Gasteiger partial charge is 0.343 e. The lowest BCUT2D eigenvalue weighted by atomic mass is 10.0. The molecule has 0 aromatic heterocycles. The standard InChI is InChI=1S/C27H21N3O4/c1-18-8-7-10-20(16-18)27(33)34-24-15-14-19-9-5-6-13-22(19)23(24)17-28-30-26(32)25(31)29-21-11-3-2-4-12-21/h2-17H,1H3,(H,29,31)(H,30,32)/b28-17+. The van der Waals surface area contributed by atoms with Crippen LogP contribution in [0.2, 0.25) is 0 Å². The Balaban J connectivity index is 1.55. The molecule has 0 saturated carbocycles. The lowest BCUT2D eigenvalue weighted by Crippen LogP contribution is -2.32. The van der Waals surface area contributed by atoms with Gasteiger partial charge in [-0.3, -0.25) is 9.59 Å². The fraction of sp³-hybridized carbons (Fsp3) is 0.0370. The summed E-state index contributed by atoms with van der Waals surface area (Å²) in [4.78, 5) is 37.0. The van der Waals surface area contributed by atoms with E-state index >= 15 is 0 Å². The third-order valence-corrected chi connectivity index (χ3v) is 4.98. The van der Waals surface area contributed by atoms with Crippen molar-refractivity contribution in [2.24, 2.45) is 5.10 Å². The van der Waals surface area contributed by atoms with Crippen molar-refractivity contribution in [1.82, 2.24) is 5.43 Å². The molecule has 4 aromatic rings. The fourth-order valence-electron chi connectivity index (χ4n) is 3.34. The van der Waals surface area contributed by atoms with Crippen LogP contribution in [0.1, 0.15) is 21.5 Å². The van der Waals surface area contributed by atoms with Crippen molar-refractivity contribution >= 4 is 40.5 Å². The normalized spacial score (nSPS) is 10.7. The van der Waals surface area contributed by atoms with Gasteiger partial charge in [0, 0.05) is 11.3 Å². The Morgan fingerprint density at radius 2 is 1.59 bits per heavy atom. The number of nitrogens with zero attached hydrogens (tertiary/aromatic N) is 1. The summed E-state index contributed by atoms with van der Waals surface area (Å²) in [5, 5.41) is 8.08. The predicted octanol–water partition coefficient (Wildman–Crippen LogP) is 4.46. The van der Waals surface area contributed by atoms with Crippen LogP contribution in [0.15, 0.2) is 96.1 Å². The molecule has 0 aliphatic rings. The number of nitrogens with one attached hydrogen (secondary N) is 2. The second-order valence-corrected chi connectivity index (χ2v) is 7.48. The van der Waals surface area contributed by atoms with Crippen LogP contribution in [-0.4, -0.2) is 24.0 Å². The fourth-order valence-corrected chi connectivity index (χ4v) is 3.34. The van der Waals surface area contributed by atoms with E-state index in [1.165, 1.54) is 6.21 Å². The number of benzene rings is 4. The van der Waals surface area contributed by atoms with Gasteiger partial charge in [-0.2, -0.15) is 5.10 Å². The Morgan fingerprint density at radius 1 is 0.824 bits per heavy atom. The molecular weight excluding hydrogens is 430 g/mol. The molecule has 7 heteroatoms. The maximum atomic E-state index is 12.7. The van der Waals surface area contributed by atoms with E-state index in [0.717, 1.165) is 16.3 Å². The lowest BCUT2D eigenvalue weighted by molar-refractivity contribution is -0.136. The van der Waals surface area contributed by atoms with Gasteiger partial charge >= 0.3 is 17.8 Å². The Bertz CT molecular complexity index is 1400. The number of hydrazone groups is 1. The Morgan fingerprint density at radius 3 is 2.38 bits per heavy atom. The number of hydrogen-bond acceptors (Lipinski definition) is 5. The molecule has 4 aromatic carbocycles. The van der Waals surface area contributed by atoms with Gasteiger partial charge in [0.1, 0.15) is 5.75 Å². The van der Waals surface area contributed by atoms with Crippen molar-refractivity contribution in [2.45, 2.75) is 6.92 Å². The van der Waals surface area contributed by atoms with Crippen molar-refractivity contribution in [3.63, 3.8) is 0 Å². The number of carbonyl (C=O) groups is 3. The summed E-state index contributed by atoms with van der Waals surface area (Å²) < 4.78 is 5.66. The first-order chi connectivity index (χ1) is 16.5. The summed E-state index contributed by atoms with van der Waals surface area (Å²) >= 11 is 0. The van der Waals surface area contributed by atoms with E-state index in [2.05, 4.69) is 15.8 Å². The van der Waals surface area contributed by atoms with Crippen LogP contribution in [0.3, 0.4) is 0 Å². The molecule has 0 fully saturated rings. The SMILES string of the molecule is Cc1cccc(C(=O)Oc2ccc3ccccc3c2/C=N/NC(=O)C(=O)Nc2ccccc2)c1. The third-order valence-electron chi connectivity index (χ3n) is 4.98. The first-order valence-corrected chi connectivity index (χ1v) is 10.5. The summed E-state index contributed by atoms with van der Waals surface area (Å²) in [6.45, 7) is 1.89. The summed E-state index contributed by atoms with van der Waals surface area (Å²) in [5.41, 5.74) is 4.55. The van der Waals surface area contributed by atoms with Gasteiger partial charge in [0.05, 0.1) is 11.8 Å². The maximum Gasteiger partial charge on any atom is 0.343 e. The maximum absolute atomic E-state index is 12.7. The number of carbonyl (C=O) groups excluding carboxylic acids is 3. The molecule has 0 aliphatic heterocycles. The van der Waals surface area contributed by atoms with Gasteiger partial charge in [0.15, 0.2) is 0 Å². The second-order valence-electron chi connectivity index (χ2n) is 7.48. The van der Waals surface area contributed by atoms with E-state index < -0.39 is 17.8 Å². The number of ether oxygens (including phenoxy) is 1. The highest BCUT2D eigenvalue weighted by atomic mass is 16.5. The van der Waals surface area contributed by atoms with E-state index in [-0.39, 0.29) is 5.75 Å². The van der Waals surface area contributed by atoms with Crippen molar-refractivity contribution < 1.29 is 19.1 Å². The molecule has 0 atom stereocenters. The molecule has 0 radical (unpaired) electrons. The van der Waals surface area contributed by atoms with E-state index in [1.54, 1.807) is 54.6 Å². The highest BCUT2D eigenvalue weighted by Crippen LogP contribution is 2.27. The quantitative estimate of drug-likeness (QED) is 0.154. The van der Waals surface area contributed by atoms with Crippen LogP contribution in [0, 0.1) is 6.92 Å². The van der Waals surface area contributed by atoms with E-state index in [9.17, 15) is 14.4 Å². The number of amides is 2. The number of anilines is 1. The number of aryl methyl sites for hydroxylation is 1. The Labute approximate surface area is 196 Å². The molecule has 0 unspecified atom stereocenters. The minimum absolute atomic E-state index is 0.275. The lowest BCUT2D eigenvalue weighted by Gasteiger charge is -2.11. The molecule has 2 amide bonds. The van der Waals surface area contributed by atoms with Crippen molar-refractivity contribution in [1.29, 1.82) is 0 Å². The zero-order valence-electron chi connectivity index (χ0n) is 18.3. The second kappa shape index (κ2) is 10.2. The molecule has 2 N–H and O–H groups in total. The van der Waals surface area contributed by atoms with Crippen LogP contribution in [0.5, 0.6) is 5.75 Å². The molecule has 0 saturated heterocycles. The molecule has 4 rings (SSSR count). The monoisotopic (exact) mass is 451 g/mol. The predicted molar refractivity (Wildman–Crippen MR) is 131 cm³/mol. The number of para-hydroxylation sites is 1. The largest absolute Gasteiger partial charge is 0.422 e. The molecule has 0 aliphatic carbocycles. The molecule has 168 valence electrons. The van der Waals surface area contributed by atoms with Gasteiger partial charge in [0.2, 0.25) is 0 Å². The zero-order chi connectivity index (χ0) is 23.9. The molecular formula is C27H21N3O4. The van der Waals surface area contributed by atoms with Crippen LogP contribution >= 0.6 is 0 Å². The van der Waals surface area contributed by atoms with E-state index in [4.69, 9.17) is 4.74 Å². The number of fused-ring (bicyclic) bond motifs is 1. The van der Waals surface area contributed by atoms with Crippen molar-refractivity contribution in [3.8, 4) is 5.75 Å². The highest BCUT2D eigenvalue weighted by molar-refractivity contribution is 6.39. The zero-order valence-corrected chi connectivity index (χ0v) is 18.3. The van der Waals surface area contributed by atoms with Crippen LogP contribution < -0.4 is 15.5 Å². The topological polar surface area (TPSA) is 96.9 Å². The van der Waals surface area contributed by atoms with E-state index in [1.807, 2.05) is 43.3 Å². The van der Waals surface area contributed by atoms with Crippen molar-refractivity contribution in [3.05, 3.63) is 108 Å². The minimum Gasteiger partial charge on any atom is -0.422 e. The first-order valence-electron chi connectivity index (χ1n) is 10.5. The molecule has 0 bridgehead atoms. The summed E-state index contributed by atoms with van der Waals surface area (Å²) in [5.74, 6) is -2.03. The van der Waals surface area contributed by atoms with Gasteiger partial charge in [0.25, 0.3) is 0 Å². The molecule has 34 heavy (non-hydrogen) atoms. The van der Waals surface area contributed by atoms with E-state index in [0.29, 0.717) is 16.8 Å². The summed E-state index contributed by atoms with van der Waals surface area (Å²) in [6.07, 6.45) is 1.36. The third kappa shape index (κ3) is 5.34. The summed E-state index contributed by atoms with van der Waals surface area (Å²) in [6, 6.07) is 26.7. The first kappa shape index (κ1) is 22.4. The van der Waals surface area contributed by atoms with Crippen LogP contribution in [-0.2, 0) is 9.59 Å². The minimum atomic E-state index is -0.932. The van der Waals surface area contributed by atoms with Gasteiger partial charge in [-0.25, -0.2) is 10.2 Å². The number of rotatable bonds is 5. The van der Waals surface area contributed by atoms with Crippen LogP contribution in [0.4, 0.5) is 5.69 Å². The van der Waals surface area contributed by atoms with Crippen molar-refractivity contribution in [2.75, 3.05) is 5.32 Å². The van der Waals surface area contributed by atoms with Crippen LogP contribution in [0.25, 0.3) is 10.8 Å². The average Bonchev–Trinajstić information content (AvgIpc) is 2.85. The van der Waals surface area contributed by atoms with Gasteiger partial charge < -0.3 is 10.1 Å². The Kier molecular flexibility index (Phi) is 6.74. The van der Waals surface area contributed by atoms with Gasteiger partial charge in [-0.05, 0) is 48.0 Å². The number of hydrogen-bond donors (Lipinski definition) is 2. The molecule has 7 nitrogen and oxygen atoms in total. The molecule has 0 spiro atoms. The highest BCUT2D eigenvalue weighted by Gasteiger charge is 2.15. The van der Waals surface area contributed by atoms with Gasteiger partial charge in [-0.15, -0.1) is 0 Å².